The molecule has 0 spiro atoms. The van der Waals surface area contributed by atoms with Crippen LogP contribution in [-0.2, 0) is 23.4 Å². The molecule has 0 fully saturated rings. The smallest absolute Gasteiger partial charge is 0.323 e. The minimum absolute atomic E-state index is 0.108. The monoisotopic (exact) mass is 539 g/mol. The molecule has 0 saturated carbocycles. The van der Waals surface area contributed by atoms with Crippen molar-refractivity contribution in [1.82, 2.24) is 15.5 Å². The Bertz CT molecular complexity index is 1340. The Kier molecular flexibility index (Phi) is 8.32. The third kappa shape index (κ3) is 5.37. The first-order valence-electron chi connectivity index (χ1n) is 12.1. The lowest BCUT2D eigenvalue weighted by molar-refractivity contribution is -0.140. The van der Waals surface area contributed by atoms with Gasteiger partial charge in [0, 0.05) is 12.0 Å². The quantitative estimate of drug-likeness (QED) is 0.287. The average Bonchev–Trinajstić information content (AvgIpc) is 3.39. The normalized spacial score (nSPS) is 19.1. The van der Waals surface area contributed by atoms with E-state index in [2.05, 4.69) is 35.4 Å². The van der Waals surface area contributed by atoms with Gasteiger partial charge in [-0.3, -0.25) is 10.1 Å². The van der Waals surface area contributed by atoms with Crippen LogP contribution in [0.25, 0.3) is 5.57 Å². The van der Waals surface area contributed by atoms with E-state index in [1.54, 1.807) is 18.2 Å². The number of aliphatic hydroxyl groups excluding tert-OH is 2. The van der Waals surface area contributed by atoms with Crippen LogP contribution in [0.4, 0.5) is 0 Å². The van der Waals surface area contributed by atoms with Gasteiger partial charge in [-0.2, -0.15) is 0 Å². The molecule has 2 unspecified atom stereocenters. The SMILES string of the molecule is CC1(C)C(c2ccccc2)=CC=CC1(COc1ccc(CNC(CO)C(=O)O)cc1Cl)c1nnc(CO)o1. The molecule has 4 N–H and O–H groups in total. The maximum Gasteiger partial charge on any atom is 0.323 e. The van der Waals surface area contributed by atoms with E-state index in [-0.39, 0.29) is 25.6 Å². The number of allylic oxidation sites excluding steroid dienone is 3. The second-order valence-electron chi connectivity index (χ2n) is 9.57. The summed E-state index contributed by atoms with van der Waals surface area (Å²) < 4.78 is 12.2. The lowest BCUT2D eigenvalue weighted by Crippen LogP contribution is -2.47. The lowest BCUT2D eigenvalue weighted by atomic mass is 9.58. The Labute approximate surface area is 225 Å². The van der Waals surface area contributed by atoms with Crippen molar-refractivity contribution in [1.29, 1.82) is 0 Å². The third-order valence-corrected chi connectivity index (χ3v) is 7.28. The minimum Gasteiger partial charge on any atom is -0.491 e. The maximum atomic E-state index is 11.1. The predicted molar refractivity (Wildman–Crippen MR) is 142 cm³/mol. The van der Waals surface area contributed by atoms with Crippen LogP contribution in [0.2, 0.25) is 5.02 Å². The van der Waals surface area contributed by atoms with Crippen molar-refractivity contribution in [2.75, 3.05) is 13.2 Å². The number of nitrogens with zero attached hydrogens (tertiary/aromatic N) is 2. The molecule has 38 heavy (non-hydrogen) atoms. The summed E-state index contributed by atoms with van der Waals surface area (Å²) in [4.78, 5) is 11.1. The van der Waals surface area contributed by atoms with Gasteiger partial charge in [-0.1, -0.05) is 80.1 Å². The summed E-state index contributed by atoms with van der Waals surface area (Å²) in [5, 5.41) is 39.2. The Morgan fingerprint density at radius 3 is 2.55 bits per heavy atom. The van der Waals surface area contributed by atoms with Crippen LogP contribution in [0, 0.1) is 5.41 Å². The molecule has 1 heterocycles. The highest BCUT2D eigenvalue weighted by atomic mass is 35.5. The number of rotatable bonds is 11. The van der Waals surface area contributed by atoms with Crippen LogP contribution in [0.1, 0.15) is 36.8 Å². The van der Waals surface area contributed by atoms with E-state index in [4.69, 9.17) is 25.9 Å². The summed E-state index contributed by atoms with van der Waals surface area (Å²) in [6, 6.07) is 14.1. The highest BCUT2D eigenvalue weighted by molar-refractivity contribution is 6.32. The molecule has 2 aromatic carbocycles. The van der Waals surface area contributed by atoms with Crippen LogP contribution < -0.4 is 10.1 Å². The van der Waals surface area contributed by atoms with Gasteiger partial charge < -0.3 is 24.5 Å². The number of carboxylic acids is 1. The van der Waals surface area contributed by atoms with E-state index < -0.39 is 29.4 Å². The van der Waals surface area contributed by atoms with E-state index >= 15 is 0 Å². The van der Waals surface area contributed by atoms with Gasteiger partial charge in [-0.15, -0.1) is 10.2 Å². The lowest BCUT2D eigenvalue weighted by Gasteiger charge is -2.45. The number of hydrogen-bond donors (Lipinski definition) is 4. The fraction of sp³-hybridized carbons (Fsp3) is 0.321. The third-order valence-electron chi connectivity index (χ3n) is 6.99. The Morgan fingerprint density at radius 1 is 1.16 bits per heavy atom. The summed E-state index contributed by atoms with van der Waals surface area (Å²) in [7, 11) is 0. The second kappa shape index (κ2) is 11.5. The maximum absolute atomic E-state index is 11.1. The molecule has 0 aliphatic heterocycles. The molecule has 1 aromatic heterocycles. The van der Waals surface area contributed by atoms with Gasteiger partial charge in [-0.25, -0.2) is 0 Å². The number of ether oxygens (including phenoxy) is 1. The van der Waals surface area contributed by atoms with Gasteiger partial charge in [0.2, 0.25) is 11.8 Å². The molecule has 200 valence electrons. The first kappa shape index (κ1) is 27.5. The first-order chi connectivity index (χ1) is 18.2. The molecule has 9 nitrogen and oxygen atoms in total. The number of aromatic nitrogens is 2. The number of halogens is 1. The minimum atomic E-state index is -1.14. The average molecular weight is 540 g/mol. The van der Waals surface area contributed by atoms with Crippen molar-refractivity contribution >= 4 is 23.1 Å². The highest BCUT2D eigenvalue weighted by Crippen LogP contribution is 2.53. The highest BCUT2D eigenvalue weighted by Gasteiger charge is 2.53. The van der Waals surface area contributed by atoms with Crippen molar-refractivity contribution in [3.8, 4) is 5.75 Å². The summed E-state index contributed by atoms with van der Waals surface area (Å²) in [5.74, 6) is -0.295. The van der Waals surface area contributed by atoms with Crippen LogP contribution in [0.15, 0.2) is 71.2 Å². The van der Waals surface area contributed by atoms with Crippen LogP contribution >= 0.6 is 11.6 Å². The van der Waals surface area contributed by atoms with E-state index in [0.717, 1.165) is 16.7 Å². The standard InChI is InChI=1S/C28H30ClN3O6/c1-27(2)20(19-7-4-3-5-8-19)9-6-12-28(27,26-32-31-24(16-34)38-26)17-37-23-11-10-18(13-21(23)29)14-30-22(15-33)25(35)36/h3-13,22,30,33-34H,14-17H2,1-2H3,(H,35,36). The number of hydrogen-bond acceptors (Lipinski definition) is 8. The van der Waals surface area contributed by atoms with Gasteiger partial charge in [0.25, 0.3) is 0 Å². The molecule has 2 atom stereocenters. The number of aliphatic hydroxyl groups is 2. The zero-order valence-corrected chi connectivity index (χ0v) is 21.9. The Balaban J connectivity index is 1.63. The van der Waals surface area contributed by atoms with Gasteiger partial charge in [0.15, 0.2) is 0 Å². The fourth-order valence-electron chi connectivity index (χ4n) is 4.60. The van der Waals surface area contributed by atoms with Crippen LogP contribution in [0.5, 0.6) is 5.75 Å². The van der Waals surface area contributed by atoms with Crippen molar-refractivity contribution < 1.29 is 29.3 Å². The van der Waals surface area contributed by atoms with Crippen LogP contribution in [0.3, 0.4) is 0 Å². The molecule has 0 saturated heterocycles. The van der Waals surface area contributed by atoms with Crippen molar-refractivity contribution in [3.05, 3.63) is 94.7 Å². The molecule has 0 radical (unpaired) electrons. The summed E-state index contributed by atoms with van der Waals surface area (Å²) in [6.07, 6.45) is 5.97. The Hall–Kier alpha value is -3.50. The molecule has 1 aliphatic rings. The Morgan fingerprint density at radius 2 is 1.92 bits per heavy atom. The molecule has 10 heteroatoms. The molecule has 0 bridgehead atoms. The number of carbonyl (C=O) groups is 1. The van der Waals surface area contributed by atoms with Gasteiger partial charge in [-0.05, 0) is 28.8 Å². The van der Waals surface area contributed by atoms with E-state index in [1.807, 2.05) is 42.5 Å². The van der Waals surface area contributed by atoms with Crippen molar-refractivity contribution in [2.24, 2.45) is 5.41 Å². The molecule has 4 rings (SSSR count). The van der Waals surface area contributed by atoms with Gasteiger partial charge in [0.1, 0.15) is 30.4 Å². The largest absolute Gasteiger partial charge is 0.491 e. The molecule has 1 aliphatic carbocycles. The summed E-state index contributed by atoms with van der Waals surface area (Å²) in [5.41, 5.74) is 1.36. The van der Waals surface area contributed by atoms with Crippen molar-refractivity contribution in [3.63, 3.8) is 0 Å². The topological polar surface area (TPSA) is 138 Å². The number of nitrogens with one attached hydrogen (secondary N) is 1. The zero-order chi connectivity index (χ0) is 27.3. The molecule has 3 aromatic rings. The molecular weight excluding hydrogens is 510 g/mol. The summed E-state index contributed by atoms with van der Waals surface area (Å²) in [6.45, 7) is 3.57. The van der Waals surface area contributed by atoms with Crippen LogP contribution in [-0.4, -0.2) is 50.7 Å². The molecule has 0 amide bonds. The second-order valence-corrected chi connectivity index (χ2v) is 9.98. The number of aliphatic carboxylic acids is 1. The summed E-state index contributed by atoms with van der Waals surface area (Å²) >= 11 is 6.54. The fourth-order valence-corrected chi connectivity index (χ4v) is 4.86. The first-order valence-corrected chi connectivity index (χ1v) is 12.5. The zero-order valence-electron chi connectivity index (χ0n) is 21.1. The molecular formula is C28H30ClN3O6. The number of carboxylic acid groups (broad SMARTS) is 1. The van der Waals surface area contributed by atoms with Crippen molar-refractivity contribution in [2.45, 2.75) is 38.5 Å². The predicted octanol–water partition coefficient (Wildman–Crippen LogP) is 3.75. The van der Waals surface area contributed by atoms with E-state index in [1.165, 1.54) is 0 Å². The van der Waals surface area contributed by atoms with Gasteiger partial charge in [0.05, 0.1) is 11.6 Å². The van der Waals surface area contributed by atoms with E-state index in [9.17, 15) is 15.0 Å². The van der Waals surface area contributed by atoms with Gasteiger partial charge >= 0.3 is 5.97 Å². The van der Waals surface area contributed by atoms with E-state index in [0.29, 0.717) is 16.7 Å². The number of benzene rings is 2.